The number of hydrogen-bond donors (Lipinski definition) is 2. The van der Waals surface area contributed by atoms with Crippen molar-refractivity contribution in [3.63, 3.8) is 0 Å². The Labute approximate surface area is 123 Å². The first-order valence-electron chi connectivity index (χ1n) is 6.25. The maximum Gasteiger partial charge on any atom is 0.239 e. The number of nitrogens with one attached hydrogen (secondary N) is 1. The monoisotopic (exact) mass is 302 g/mol. The Morgan fingerprint density at radius 2 is 2.20 bits per heavy atom. The van der Waals surface area contributed by atoms with E-state index in [2.05, 4.69) is 5.32 Å². The maximum absolute atomic E-state index is 13.1. The average Bonchev–Trinajstić information content (AvgIpc) is 2.35. The molecule has 0 saturated heterocycles. The predicted octanol–water partition coefficient (Wildman–Crippen LogP) is 1.85. The van der Waals surface area contributed by atoms with E-state index < -0.39 is 11.5 Å². The minimum Gasteiger partial charge on any atom is -0.383 e. The summed E-state index contributed by atoms with van der Waals surface area (Å²) in [6, 6.07) is 3.52. The van der Waals surface area contributed by atoms with Crippen LogP contribution in [-0.4, -0.2) is 32.2 Å². The van der Waals surface area contributed by atoms with Gasteiger partial charge in [0.15, 0.2) is 0 Å². The normalized spacial score (nSPS) is 13.1. The van der Waals surface area contributed by atoms with E-state index in [1.54, 1.807) is 6.07 Å². The summed E-state index contributed by atoms with van der Waals surface area (Å²) in [6.07, 6.45) is 0. The molecule has 20 heavy (non-hydrogen) atoms. The van der Waals surface area contributed by atoms with Crippen LogP contribution >= 0.6 is 11.6 Å². The number of carbonyl (C=O) groups excluding carboxylic acids is 1. The number of halogens is 2. The van der Waals surface area contributed by atoms with Crippen LogP contribution in [0.4, 0.5) is 4.39 Å². The van der Waals surface area contributed by atoms with E-state index in [1.165, 1.54) is 19.2 Å². The van der Waals surface area contributed by atoms with Crippen LogP contribution in [0.15, 0.2) is 18.2 Å². The van der Waals surface area contributed by atoms with Crippen LogP contribution < -0.4 is 11.1 Å². The molecule has 0 fully saturated rings. The summed E-state index contributed by atoms with van der Waals surface area (Å²) >= 11 is 6.04. The number of methoxy groups -OCH3 is 1. The molecule has 1 unspecified atom stereocenters. The predicted molar refractivity (Wildman–Crippen MR) is 77.3 cm³/mol. The SMILES string of the molecule is COCC(N)C(=O)NCC(C)(C)c1ccc(F)cc1Cl. The molecule has 3 N–H and O–H groups in total. The first kappa shape index (κ1) is 16.9. The zero-order valence-electron chi connectivity index (χ0n) is 11.9. The first-order chi connectivity index (χ1) is 9.27. The smallest absolute Gasteiger partial charge is 0.239 e. The minimum absolute atomic E-state index is 0.156. The fourth-order valence-corrected chi connectivity index (χ4v) is 2.25. The van der Waals surface area contributed by atoms with Crippen LogP contribution in [-0.2, 0) is 14.9 Å². The van der Waals surface area contributed by atoms with E-state index in [0.29, 0.717) is 11.6 Å². The molecule has 4 nitrogen and oxygen atoms in total. The molecule has 1 aromatic carbocycles. The first-order valence-corrected chi connectivity index (χ1v) is 6.63. The van der Waals surface area contributed by atoms with Gasteiger partial charge in [-0.05, 0) is 17.7 Å². The summed E-state index contributed by atoms with van der Waals surface area (Å²) in [4.78, 5) is 11.7. The van der Waals surface area contributed by atoms with Crippen molar-refractivity contribution in [2.24, 2.45) is 5.73 Å². The topological polar surface area (TPSA) is 64.3 Å². The van der Waals surface area contributed by atoms with Gasteiger partial charge in [0.2, 0.25) is 5.91 Å². The lowest BCUT2D eigenvalue weighted by Crippen LogP contribution is -2.47. The van der Waals surface area contributed by atoms with Crippen LogP contribution in [0.5, 0.6) is 0 Å². The number of carbonyl (C=O) groups is 1. The Kier molecular flexibility index (Phi) is 5.92. The van der Waals surface area contributed by atoms with Crippen molar-refractivity contribution in [1.29, 1.82) is 0 Å². The van der Waals surface area contributed by atoms with Crippen molar-refractivity contribution >= 4 is 17.5 Å². The second-order valence-electron chi connectivity index (χ2n) is 5.29. The van der Waals surface area contributed by atoms with Gasteiger partial charge in [-0.2, -0.15) is 0 Å². The molecule has 1 rings (SSSR count). The van der Waals surface area contributed by atoms with Gasteiger partial charge in [-0.25, -0.2) is 4.39 Å². The molecular formula is C14H20ClFN2O2. The number of nitrogens with two attached hydrogens (primary N) is 1. The standard InChI is InChI=1S/C14H20ClFN2O2/c1-14(2,8-18-13(19)12(17)7-20-3)10-5-4-9(16)6-11(10)15/h4-6,12H,7-8,17H2,1-3H3,(H,18,19). The van der Waals surface area contributed by atoms with Gasteiger partial charge in [0.1, 0.15) is 11.9 Å². The summed E-state index contributed by atoms with van der Waals surface area (Å²) in [5.74, 6) is -0.682. The molecule has 1 aromatic rings. The molecule has 0 aliphatic heterocycles. The number of amides is 1. The molecule has 0 spiro atoms. The van der Waals surface area contributed by atoms with E-state index in [9.17, 15) is 9.18 Å². The van der Waals surface area contributed by atoms with E-state index in [1.807, 2.05) is 13.8 Å². The third kappa shape index (κ3) is 4.44. The van der Waals surface area contributed by atoms with Crippen LogP contribution in [0, 0.1) is 5.82 Å². The van der Waals surface area contributed by atoms with E-state index in [-0.39, 0.29) is 18.3 Å². The molecule has 0 heterocycles. The van der Waals surface area contributed by atoms with Gasteiger partial charge in [0, 0.05) is 24.1 Å². The lowest BCUT2D eigenvalue weighted by molar-refractivity contribution is -0.123. The number of benzene rings is 1. The van der Waals surface area contributed by atoms with E-state index in [0.717, 1.165) is 5.56 Å². The molecule has 0 radical (unpaired) electrons. The third-order valence-corrected chi connectivity index (χ3v) is 3.36. The number of ether oxygens (including phenoxy) is 1. The molecular weight excluding hydrogens is 283 g/mol. The summed E-state index contributed by atoms with van der Waals surface area (Å²) in [7, 11) is 1.48. The lowest BCUT2D eigenvalue weighted by Gasteiger charge is -2.27. The van der Waals surface area contributed by atoms with Crippen molar-refractivity contribution < 1.29 is 13.9 Å². The van der Waals surface area contributed by atoms with Gasteiger partial charge in [-0.1, -0.05) is 31.5 Å². The number of hydrogen-bond acceptors (Lipinski definition) is 3. The summed E-state index contributed by atoms with van der Waals surface area (Å²) in [5.41, 5.74) is 5.96. The second-order valence-corrected chi connectivity index (χ2v) is 5.69. The maximum atomic E-state index is 13.1. The molecule has 0 aliphatic carbocycles. The van der Waals surface area contributed by atoms with Crippen LogP contribution in [0.25, 0.3) is 0 Å². The highest BCUT2D eigenvalue weighted by molar-refractivity contribution is 6.31. The molecule has 1 amide bonds. The van der Waals surface area contributed by atoms with Crippen molar-refractivity contribution in [1.82, 2.24) is 5.32 Å². The van der Waals surface area contributed by atoms with Crippen molar-refractivity contribution in [3.8, 4) is 0 Å². The van der Waals surface area contributed by atoms with Gasteiger partial charge >= 0.3 is 0 Å². The zero-order chi connectivity index (χ0) is 15.3. The Hall–Kier alpha value is -1.17. The minimum atomic E-state index is -0.709. The number of rotatable bonds is 6. The molecule has 0 saturated carbocycles. The molecule has 0 bridgehead atoms. The summed E-state index contributed by atoms with van der Waals surface area (Å²) in [5, 5.41) is 3.09. The van der Waals surface area contributed by atoms with Crippen molar-refractivity contribution in [2.75, 3.05) is 20.3 Å². The summed E-state index contributed by atoms with van der Waals surface area (Å²) < 4.78 is 17.9. The van der Waals surface area contributed by atoms with Gasteiger partial charge in [-0.3, -0.25) is 4.79 Å². The van der Waals surface area contributed by atoms with Gasteiger partial charge in [0.25, 0.3) is 0 Å². The fourth-order valence-electron chi connectivity index (χ4n) is 1.83. The zero-order valence-corrected chi connectivity index (χ0v) is 12.6. The Morgan fingerprint density at radius 3 is 2.75 bits per heavy atom. The van der Waals surface area contributed by atoms with Crippen molar-refractivity contribution in [3.05, 3.63) is 34.6 Å². The van der Waals surface area contributed by atoms with Gasteiger partial charge in [0.05, 0.1) is 6.61 Å². The van der Waals surface area contributed by atoms with Crippen molar-refractivity contribution in [2.45, 2.75) is 25.3 Å². The highest BCUT2D eigenvalue weighted by Gasteiger charge is 2.25. The highest BCUT2D eigenvalue weighted by Crippen LogP contribution is 2.29. The molecule has 6 heteroatoms. The fraction of sp³-hybridized carbons (Fsp3) is 0.500. The van der Waals surface area contributed by atoms with Crippen LogP contribution in [0.3, 0.4) is 0 Å². The quantitative estimate of drug-likeness (QED) is 0.843. The largest absolute Gasteiger partial charge is 0.383 e. The second kappa shape index (κ2) is 7.02. The molecule has 0 aliphatic rings. The van der Waals surface area contributed by atoms with Crippen LogP contribution in [0.2, 0.25) is 5.02 Å². The lowest BCUT2D eigenvalue weighted by atomic mass is 9.84. The average molecular weight is 303 g/mol. The summed E-state index contributed by atoms with van der Waals surface area (Å²) in [6.45, 7) is 4.32. The Bertz CT molecular complexity index is 480. The Morgan fingerprint density at radius 1 is 1.55 bits per heavy atom. The van der Waals surface area contributed by atoms with Gasteiger partial charge in [-0.15, -0.1) is 0 Å². The highest BCUT2D eigenvalue weighted by atomic mass is 35.5. The molecule has 112 valence electrons. The van der Waals surface area contributed by atoms with Gasteiger partial charge < -0.3 is 15.8 Å². The Balaban J connectivity index is 2.72. The van der Waals surface area contributed by atoms with E-state index >= 15 is 0 Å². The van der Waals surface area contributed by atoms with E-state index in [4.69, 9.17) is 22.1 Å². The molecule has 0 aromatic heterocycles. The van der Waals surface area contributed by atoms with Crippen LogP contribution in [0.1, 0.15) is 19.4 Å². The third-order valence-electron chi connectivity index (χ3n) is 3.05. The molecule has 1 atom stereocenters.